The van der Waals surface area contributed by atoms with Crippen molar-refractivity contribution in [2.45, 2.75) is 27.2 Å². The summed E-state index contributed by atoms with van der Waals surface area (Å²) in [6.45, 7) is 9.01. The van der Waals surface area contributed by atoms with E-state index in [1.807, 2.05) is 13.8 Å². The number of nitrogen functional groups attached to an aromatic ring is 1. The third-order valence-corrected chi connectivity index (χ3v) is 2.98. The lowest BCUT2D eigenvalue weighted by Gasteiger charge is -2.25. The van der Waals surface area contributed by atoms with Crippen LogP contribution in [0.1, 0.15) is 24.7 Å². The van der Waals surface area contributed by atoms with Gasteiger partial charge in [0, 0.05) is 18.7 Å². The van der Waals surface area contributed by atoms with Gasteiger partial charge in [-0.1, -0.05) is 0 Å². The van der Waals surface area contributed by atoms with Crippen LogP contribution in [0.3, 0.4) is 0 Å². The second kappa shape index (κ2) is 6.54. The van der Waals surface area contributed by atoms with Gasteiger partial charge in [-0.15, -0.1) is 0 Å². The van der Waals surface area contributed by atoms with Gasteiger partial charge in [-0.25, -0.2) is 9.97 Å². The number of nitrogens with zero attached hydrogens (tertiary/aromatic N) is 4. The van der Waals surface area contributed by atoms with E-state index in [0.29, 0.717) is 5.82 Å². The molecule has 1 aromatic rings. The largest absolute Gasteiger partial charge is 0.383 e. The van der Waals surface area contributed by atoms with Gasteiger partial charge in [0.25, 0.3) is 0 Å². The molecular weight excluding hydrogens is 226 g/mol. The zero-order valence-corrected chi connectivity index (χ0v) is 12.2. The number of aryl methyl sites for hydroxylation is 1. The first-order chi connectivity index (χ1) is 8.45. The summed E-state index contributed by atoms with van der Waals surface area (Å²) in [5, 5.41) is 0. The standard InChI is InChI=1S/C13H25N5/c1-6-18(9-7-8-17(4)5)13-10(2)12(14)15-11(3)16-13/h6-9H2,1-5H3,(H2,14,15,16). The molecular formula is C13H25N5. The third kappa shape index (κ3) is 3.84. The Balaban J connectivity index is 2.81. The fraction of sp³-hybridized carbons (Fsp3) is 0.692. The van der Waals surface area contributed by atoms with Gasteiger partial charge in [0.2, 0.25) is 0 Å². The topological polar surface area (TPSA) is 58.3 Å². The van der Waals surface area contributed by atoms with Crippen molar-refractivity contribution in [3.63, 3.8) is 0 Å². The number of anilines is 2. The summed E-state index contributed by atoms with van der Waals surface area (Å²) in [7, 11) is 4.18. The molecule has 0 unspecified atom stereocenters. The Morgan fingerprint density at radius 3 is 2.33 bits per heavy atom. The van der Waals surface area contributed by atoms with Crippen molar-refractivity contribution in [2.24, 2.45) is 0 Å². The lowest BCUT2D eigenvalue weighted by molar-refractivity contribution is 0.400. The SMILES string of the molecule is CCN(CCCN(C)C)c1nc(C)nc(N)c1C. The predicted molar refractivity (Wildman–Crippen MR) is 77.0 cm³/mol. The van der Waals surface area contributed by atoms with Gasteiger partial charge in [-0.2, -0.15) is 0 Å². The molecule has 1 aromatic heterocycles. The molecule has 0 aliphatic carbocycles. The summed E-state index contributed by atoms with van der Waals surface area (Å²) in [4.78, 5) is 13.2. The predicted octanol–water partition coefficient (Wildman–Crippen LogP) is 1.45. The van der Waals surface area contributed by atoms with Crippen LogP contribution in [0.5, 0.6) is 0 Å². The lowest BCUT2D eigenvalue weighted by Crippen LogP contribution is -2.29. The van der Waals surface area contributed by atoms with E-state index in [9.17, 15) is 0 Å². The van der Waals surface area contributed by atoms with Crippen molar-refractivity contribution in [3.8, 4) is 0 Å². The molecule has 0 radical (unpaired) electrons. The van der Waals surface area contributed by atoms with E-state index in [1.54, 1.807) is 0 Å². The van der Waals surface area contributed by atoms with E-state index in [1.165, 1.54) is 0 Å². The Morgan fingerprint density at radius 2 is 1.78 bits per heavy atom. The maximum absolute atomic E-state index is 5.90. The zero-order chi connectivity index (χ0) is 13.7. The van der Waals surface area contributed by atoms with E-state index in [4.69, 9.17) is 5.73 Å². The van der Waals surface area contributed by atoms with Crippen LogP contribution in [0, 0.1) is 13.8 Å². The van der Waals surface area contributed by atoms with Gasteiger partial charge in [0.1, 0.15) is 17.5 Å². The fourth-order valence-corrected chi connectivity index (χ4v) is 1.93. The third-order valence-electron chi connectivity index (χ3n) is 2.98. The second-order valence-corrected chi connectivity index (χ2v) is 4.84. The van der Waals surface area contributed by atoms with Crippen LogP contribution in [-0.2, 0) is 0 Å². The highest BCUT2D eigenvalue weighted by molar-refractivity contribution is 5.56. The Labute approximate surface area is 110 Å². The Bertz CT molecular complexity index is 389. The van der Waals surface area contributed by atoms with E-state index in [2.05, 4.69) is 40.8 Å². The minimum atomic E-state index is 0.587. The quantitative estimate of drug-likeness (QED) is 0.829. The number of hydrogen-bond donors (Lipinski definition) is 1. The van der Waals surface area contributed by atoms with Gasteiger partial charge >= 0.3 is 0 Å². The zero-order valence-electron chi connectivity index (χ0n) is 12.2. The Kier molecular flexibility index (Phi) is 5.34. The Hall–Kier alpha value is -1.36. The smallest absolute Gasteiger partial charge is 0.137 e. The van der Waals surface area contributed by atoms with Crippen molar-refractivity contribution in [1.29, 1.82) is 0 Å². The Morgan fingerprint density at radius 1 is 1.11 bits per heavy atom. The van der Waals surface area contributed by atoms with Crippen LogP contribution in [-0.4, -0.2) is 48.6 Å². The van der Waals surface area contributed by atoms with Crippen molar-refractivity contribution in [2.75, 3.05) is 44.4 Å². The normalized spacial score (nSPS) is 11.0. The minimum absolute atomic E-state index is 0.587. The number of rotatable bonds is 6. The van der Waals surface area contributed by atoms with Gasteiger partial charge in [-0.3, -0.25) is 0 Å². The van der Waals surface area contributed by atoms with E-state index in [-0.39, 0.29) is 0 Å². The van der Waals surface area contributed by atoms with Gasteiger partial charge in [0.15, 0.2) is 0 Å². The molecule has 2 N–H and O–H groups in total. The molecule has 0 saturated carbocycles. The first-order valence-corrected chi connectivity index (χ1v) is 6.46. The average molecular weight is 251 g/mol. The molecule has 0 aliphatic rings. The molecule has 5 heteroatoms. The molecule has 0 aromatic carbocycles. The van der Waals surface area contributed by atoms with E-state index in [0.717, 1.165) is 43.3 Å². The summed E-state index contributed by atoms with van der Waals surface area (Å²) in [5.41, 5.74) is 6.88. The summed E-state index contributed by atoms with van der Waals surface area (Å²) in [6.07, 6.45) is 1.11. The molecule has 1 heterocycles. The highest BCUT2D eigenvalue weighted by atomic mass is 15.2. The van der Waals surface area contributed by atoms with E-state index >= 15 is 0 Å². The molecule has 0 atom stereocenters. The van der Waals surface area contributed by atoms with Crippen molar-refractivity contribution in [1.82, 2.24) is 14.9 Å². The number of hydrogen-bond acceptors (Lipinski definition) is 5. The summed E-state index contributed by atoms with van der Waals surface area (Å²) >= 11 is 0. The van der Waals surface area contributed by atoms with Gasteiger partial charge < -0.3 is 15.5 Å². The summed E-state index contributed by atoms with van der Waals surface area (Å²) < 4.78 is 0. The van der Waals surface area contributed by atoms with Crippen molar-refractivity contribution in [3.05, 3.63) is 11.4 Å². The summed E-state index contributed by atoms with van der Waals surface area (Å²) in [6, 6.07) is 0. The minimum Gasteiger partial charge on any atom is -0.383 e. The molecule has 5 nitrogen and oxygen atoms in total. The van der Waals surface area contributed by atoms with Crippen LogP contribution in [0.25, 0.3) is 0 Å². The van der Waals surface area contributed by atoms with Crippen LogP contribution in [0.2, 0.25) is 0 Å². The fourth-order valence-electron chi connectivity index (χ4n) is 1.93. The highest BCUT2D eigenvalue weighted by Crippen LogP contribution is 2.21. The van der Waals surface area contributed by atoms with Crippen LogP contribution in [0.4, 0.5) is 11.6 Å². The molecule has 0 fully saturated rings. The first kappa shape index (κ1) is 14.7. The van der Waals surface area contributed by atoms with Gasteiger partial charge in [-0.05, 0) is 47.8 Å². The van der Waals surface area contributed by atoms with Gasteiger partial charge in [0.05, 0.1) is 0 Å². The first-order valence-electron chi connectivity index (χ1n) is 6.46. The van der Waals surface area contributed by atoms with Crippen LogP contribution in [0.15, 0.2) is 0 Å². The molecule has 0 spiro atoms. The number of nitrogens with two attached hydrogens (primary N) is 1. The average Bonchev–Trinajstić information content (AvgIpc) is 2.29. The van der Waals surface area contributed by atoms with Crippen LogP contribution < -0.4 is 10.6 Å². The molecule has 0 saturated heterocycles. The van der Waals surface area contributed by atoms with E-state index < -0.39 is 0 Å². The molecule has 102 valence electrons. The van der Waals surface area contributed by atoms with Crippen molar-refractivity contribution >= 4 is 11.6 Å². The maximum Gasteiger partial charge on any atom is 0.137 e. The van der Waals surface area contributed by atoms with Crippen molar-refractivity contribution < 1.29 is 0 Å². The molecule has 0 aliphatic heterocycles. The second-order valence-electron chi connectivity index (χ2n) is 4.84. The molecule has 1 rings (SSSR count). The lowest BCUT2D eigenvalue weighted by atomic mass is 10.2. The molecule has 0 amide bonds. The molecule has 18 heavy (non-hydrogen) atoms. The monoisotopic (exact) mass is 251 g/mol. The molecule has 0 bridgehead atoms. The highest BCUT2D eigenvalue weighted by Gasteiger charge is 2.12. The van der Waals surface area contributed by atoms with Crippen LogP contribution >= 0.6 is 0 Å². The summed E-state index contributed by atoms with van der Waals surface area (Å²) in [5.74, 6) is 2.30. The maximum atomic E-state index is 5.90. The number of aromatic nitrogens is 2.